The molecule has 33 heavy (non-hydrogen) atoms. The number of ketones is 1. The van der Waals surface area contributed by atoms with Crippen LogP contribution in [0.2, 0.25) is 0 Å². The Morgan fingerprint density at radius 1 is 1.15 bits per heavy atom. The molecule has 7 nitrogen and oxygen atoms in total. The summed E-state index contributed by atoms with van der Waals surface area (Å²) in [5.74, 6) is -0.112. The molecule has 1 amide bonds. The van der Waals surface area contributed by atoms with E-state index in [0.717, 1.165) is 37.7 Å². The minimum absolute atomic E-state index is 0.0413. The Labute approximate surface area is 195 Å². The first-order valence-electron chi connectivity index (χ1n) is 11.8. The zero-order chi connectivity index (χ0) is 23.5. The normalized spacial score (nSPS) is 16.0. The molecule has 0 N–H and O–H groups in total. The minimum Gasteiger partial charge on any atom is -0.466 e. The van der Waals surface area contributed by atoms with Crippen molar-refractivity contribution in [1.82, 2.24) is 14.7 Å². The molecule has 1 saturated heterocycles. The molecule has 0 unspecified atom stereocenters. The summed E-state index contributed by atoms with van der Waals surface area (Å²) in [6, 6.07) is 9.93. The number of carbonyl (C=O) groups is 3. The van der Waals surface area contributed by atoms with Crippen LogP contribution in [-0.4, -0.2) is 51.5 Å². The van der Waals surface area contributed by atoms with Crippen LogP contribution in [0.4, 0.5) is 0 Å². The van der Waals surface area contributed by atoms with Gasteiger partial charge in [-0.05, 0) is 37.8 Å². The third kappa shape index (κ3) is 7.70. The molecule has 0 spiro atoms. The molecule has 0 bridgehead atoms. The summed E-state index contributed by atoms with van der Waals surface area (Å²) in [7, 11) is 0. The van der Waals surface area contributed by atoms with Crippen LogP contribution >= 0.6 is 0 Å². The fraction of sp³-hybridized carbons (Fsp3) is 0.462. The van der Waals surface area contributed by atoms with Gasteiger partial charge in [-0.3, -0.25) is 19.1 Å². The van der Waals surface area contributed by atoms with Crippen molar-refractivity contribution >= 4 is 17.7 Å². The van der Waals surface area contributed by atoms with E-state index in [1.165, 1.54) is 0 Å². The second-order valence-electron chi connectivity index (χ2n) is 8.30. The number of benzene rings is 1. The van der Waals surface area contributed by atoms with Gasteiger partial charge in [-0.2, -0.15) is 5.10 Å². The Morgan fingerprint density at radius 3 is 2.73 bits per heavy atom. The number of ether oxygens (including phenoxy) is 1. The van der Waals surface area contributed by atoms with Crippen LogP contribution in [0.1, 0.15) is 67.8 Å². The van der Waals surface area contributed by atoms with Crippen LogP contribution in [0.15, 0.2) is 54.9 Å². The van der Waals surface area contributed by atoms with Crippen LogP contribution in [0.5, 0.6) is 0 Å². The Balaban J connectivity index is 1.44. The van der Waals surface area contributed by atoms with Gasteiger partial charge in [0, 0.05) is 25.6 Å². The predicted molar refractivity (Wildman–Crippen MR) is 126 cm³/mol. The van der Waals surface area contributed by atoms with E-state index in [0.29, 0.717) is 38.1 Å². The van der Waals surface area contributed by atoms with Gasteiger partial charge in [-0.25, -0.2) is 0 Å². The topological polar surface area (TPSA) is 81.5 Å². The van der Waals surface area contributed by atoms with Crippen molar-refractivity contribution in [3.05, 3.63) is 66.0 Å². The van der Waals surface area contributed by atoms with Gasteiger partial charge >= 0.3 is 5.97 Å². The second kappa shape index (κ2) is 12.7. The number of unbranched alkanes of at least 4 members (excludes halogenated alkanes) is 3. The Bertz CT molecular complexity index is 951. The molecule has 1 fully saturated rings. The van der Waals surface area contributed by atoms with E-state index >= 15 is 0 Å². The summed E-state index contributed by atoms with van der Waals surface area (Å²) >= 11 is 0. The smallest absolute Gasteiger partial charge is 0.305 e. The number of hydrogen-bond acceptors (Lipinski definition) is 5. The molecule has 3 rings (SSSR count). The monoisotopic (exact) mass is 451 g/mol. The zero-order valence-electron chi connectivity index (χ0n) is 19.3. The number of carbonyl (C=O) groups excluding carboxylic acids is 3. The van der Waals surface area contributed by atoms with E-state index in [4.69, 9.17) is 4.74 Å². The molecule has 0 aliphatic carbocycles. The first kappa shape index (κ1) is 24.4. The first-order valence-corrected chi connectivity index (χ1v) is 11.8. The van der Waals surface area contributed by atoms with Crippen molar-refractivity contribution in [3.63, 3.8) is 0 Å². The SMILES string of the molecule is CCOC(=O)CCCCCCN1C(=O)CC[C@@H]1C=CC(=O)c1cnn(Cc2ccccc2)c1. The lowest BCUT2D eigenvalue weighted by molar-refractivity contribution is -0.143. The Morgan fingerprint density at radius 2 is 1.94 bits per heavy atom. The third-order valence-electron chi connectivity index (χ3n) is 5.78. The van der Waals surface area contributed by atoms with Crippen molar-refractivity contribution in [1.29, 1.82) is 0 Å². The van der Waals surface area contributed by atoms with Crippen LogP contribution in [0.25, 0.3) is 0 Å². The van der Waals surface area contributed by atoms with Crippen molar-refractivity contribution in [2.45, 2.75) is 64.5 Å². The van der Waals surface area contributed by atoms with Gasteiger partial charge in [0.05, 0.1) is 31.0 Å². The van der Waals surface area contributed by atoms with E-state index in [9.17, 15) is 14.4 Å². The van der Waals surface area contributed by atoms with E-state index in [2.05, 4.69) is 5.10 Å². The molecule has 2 aromatic rings. The average molecular weight is 452 g/mol. The van der Waals surface area contributed by atoms with Crippen LogP contribution in [0.3, 0.4) is 0 Å². The number of hydrogen-bond donors (Lipinski definition) is 0. The highest BCUT2D eigenvalue weighted by atomic mass is 16.5. The van der Waals surface area contributed by atoms with Crippen molar-refractivity contribution < 1.29 is 19.1 Å². The second-order valence-corrected chi connectivity index (χ2v) is 8.30. The first-order chi connectivity index (χ1) is 16.1. The highest BCUT2D eigenvalue weighted by Crippen LogP contribution is 2.21. The van der Waals surface area contributed by atoms with Gasteiger partial charge in [-0.1, -0.05) is 49.2 Å². The number of nitrogens with zero attached hydrogens (tertiary/aromatic N) is 3. The van der Waals surface area contributed by atoms with E-state index in [1.54, 1.807) is 23.2 Å². The molecule has 1 aliphatic heterocycles. The highest BCUT2D eigenvalue weighted by Gasteiger charge is 2.28. The summed E-state index contributed by atoms with van der Waals surface area (Å²) in [5.41, 5.74) is 1.66. The van der Waals surface area contributed by atoms with E-state index < -0.39 is 0 Å². The maximum atomic E-state index is 12.6. The third-order valence-corrected chi connectivity index (χ3v) is 5.78. The van der Waals surface area contributed by atoms with Crippen LogP contribution in [0, 0.1) is 0 Å². The zero-order valence-corrected chi connectivity index (χ0v) is 19.3. The van der Waals surface area contributed by atoms with Crippen LogP contribution < -0.4 is 0 Å². The van der Waals surface area contributed by atoms with Gasteiger partial charge < -0.3 is 9.64 Å². The largest absolute Gasteiger partial charge is 0.466 e. The number of allylic oxidation sites excluding steroid dienone is 1. The predicted octanol–water partition coefficient (Wildman–Crippen LogP) is 4.17. The molecule has 2 heterocycles. The lowest BCUT2D eigenvalue weighted by Crippen LogP contribution is -2.32. The fourth-order valence-corrected chi connectivity index (χ4v) is 4.03. The van der Waals surface area contributed by atoms with Gasteiger partial charge in [0.1, 0.15) is 0 Å². The Hall–Kier alpha value is -3.22. The minimum atomic E-state index is -0.146. The van der Waals surface area contributed by atoms with Gasteiger partial charge in [0.25, 0.3) is 0 Å². The van der Waals surface area contributed by atoms with Crippen molar-refractivity contribution in [2.24, 2.45) is 0 Å². The lowest BCUT2D eigenvalue weighted by atomic mass is 10.1. The fourth-order valence-electron chi connectivity index (χ4n) is 4.03. The maximum Gasteiger partial charge on any atom is 0.305 e. The molecule has 0 saturated carbocycles. The molecular formula is C26H33N3O4. The molecule has 7 heteroatoms. The molecule has 0 radical (unpaired) electrons. The number of esters is 1. The molecule has 1 aromatic carbocycles. The molecule has 1 aromatic heterocycles. The number of amides is 1. The Kier molecular flexibility index (Phi) is 9.42. The summed E-state index contributed by atoms with van der Waals surface area (Å²) < 4.78 is 6.69. The highest BCUT2D eigenvalue weighted by molar-refractivity contribution is 6.04. The number of likely N-dealkylation sites (tertiary alicyclic amines) is 1. The molecule has 176 valence electrons. The lowest BCUT2D eigenvalue weighted by Gasteiger charge is -2.22. The van der Waals surface area contributed by atoms with Gasteiger partial charge in [0.15, 0.2) is 5.78 Å². The number of aromatic nitrogens is 2. The molecular weight excluding hydrogens is 418 g/mol. The standard InChI is InChI=1S/C26H33N3O4/c1-2-33-26(32)12-8-3-4-9-17-29-23(14-16-25(29)31)13-15-24(30)22-18-27-28(20-22)19-21-10-6-5-7-11-21/h5-7,10-11,13,15,18,20,23H,2-4,8-9,12,14,16-17,19H2,1H3/t23-/m0/s1. The molecule has 1 aliphatic rings. The maximum absolute atomic E-state index is 12.6. The van der Waals surface area contributed by atoms with E-state index in [-0.39, 0.29) is 23.7 Å². The van der Waals surface area contributed by atoms with Gasteiger partial charge in [0.2, 0.25) is 5.91 Å². The average Bonchev–Trinajstić information content (AvgIpc) is 3.42. The number of rotatable bonds is 13. The van der Waals surface area contributed by atoms with E-state index in [1.807, 2.05) is 48.2 Å². The van der Waals surface area contributed by atoms with Crippen molar-refractivity contribution in [2.75, 3.05) is 13.2 Å². The summed E-state index contributed by atoms with van der Waals surface area (Å²) in [5, 5.41) is 4.29. The summed E-state index contributed by atoms with van der Waals surface area (Å²) in [4.78, 5) is 38.1. The van der Waals surface area contributed by atoms with Gasteiger partial charge in [-0.15, -0.1) is 0 Å². The summed E-state index contributed by atoms with van der Waals surface area (Å²) in [6.07, 6.45) is 12.1. The van der Waals surface area contributed by atoms with Crippen LogP contribution in [-0.2, 0) is 20.9 Å². The quantitative estimate of drug-likeness (QED) is 0.198. The molecule has 1 atom stereocenters. The van der Waals surface area contributed by atoms with Crippen molar-refractivity contribution in [3.8, 4) is 0 Å². The summed E-state index contributed by atoms with van der Waals surface area (Å²) in [6.45, 7) is 3.52.